The summed E-state index contributed by atoms with van der Waals surface area (Å²) in [5.41, 5.74) is 4.40. The van der Waals surface area contributed by atoms with Crippen molar-refractivity contribution in [2.45, 2.75) is 45.7 Å². The molecule has 3 heterocycles. The average molecular weight is 411 g/mol. The molecule has 6 heteroatoms. The normalized spacial score (nSPS) is 15.6. The number of rotatable bonds is 5. The van der Waals surface area contributed by atoms with Gasteiger partial charge in [-0.3, -0.25) is 4.79 Å². The van der Waals surface area contributed by atoms with Crippen molar-refractivity contribution < 1.29 is 4.79 Å². The van der Waals surface area contributed by atoms with Gasteiger partial charge < -0.3 is 14.6 Å². The molecule has 0 spiro atoms. The van der Waals surface area contributed by atoms with Crippen LogP contribution in [-0.2, 0) is 6.54 Å². The van der Waals surface area contributed by atoms with Gasteiger partial charge in [0, 0.05) is 36.9 Å². The lowest BCUT2D eigenvalue weighted by molar-refractivity contribution is 0.0717. The highest BCUT2D eigenvalue weighted by Crippen LogP contribution is 2.24. The summed E-state index contributed by atoms with van der Waals surface area (Å²) in [6.07, 6.45) is 5.31. The highest BCUT2D eigenvalue weighted by molar-refractivity contribution is 6.31. The van der Waals surface area contributed by atoms with E-state index in [0.29, 0.717) is 12.2 Å². The summed E-state index contributed by atoms with van der Waals surface area (Å²) >= 11 is 6.36. The van der Waals surface area contributed by atoms with Crippen LogP contribution in [-0.4, -0.2) is 33.3 Å². The summed E-state index contributed by atoms with van der Waals surface area (Å²) < 4.78 is 2.04. The van der Waals surface area contributed by atoms with Crippen LogP contribution in [0.2, 0.25) is 5.02 Å². The molecule has 0 unspecified atom stereocenters. The number of fused-ring (bicyclic) bond motifs is 1. The largest absolute Gasteiger partial charge is 0.337 e. The molecule has 1 amide bonds. The van der Waals surface area contributed by atoms with Crippen LogP contribution in [0, 0.1) is 6.92 Å². The Hall–Kier alpha value is -2.37. The number of aromatic nitrogens is 2. The second-order valence-corrected chi connectivity index (χ2v) is 8.18. The number of nitrogens with zero attached hydrogens (tertiary/aromatic N) is 3. The molecule has 1 aliphatic rings. The van der Waals surface area contributed by atoms with Crippen molar-refractivity contribution in [2.75, 3.05) is 13.1 Å². The van der Waals surface area contributed by atoms with Gasteiger partial charge >= 0.3 is 0 Å². The van der Waals surface area contributed by atoms with Crippen LogP contribution in [0.15, 0.2) is 42.6 Å². The Morgan fingerprint density at radius 1 is 1.17 bits per heavy atom. The maximum Gasteiger partial charge on any atom is 0.274 e. The molecular formula is C23H27ClN4O. The number of hydrogen-bond acceptors (Lipinski definition) is 3. The highest BCUT2D eigenvalue weighted by Gasteiger charge is 2.25. The van der Waals surface area contributed by atoms with Gasteiger partial charge in [0.25, 0.3) is 5.91 Å². The van der Waals surface area contributed by atoms with Gasteiger partial charge in [0.15, 0.2) is 5.69 Å². The minimum Gasteiger partial charge on any atom is -0.337 e. The lowest BCUT2D eigenvalue weighted by atomic mass is 10.1. The lowest BCUT2D eigenvalue weighted by Crippen LogP contribution is -2.36. The standard InChI is InChI=1S/C23H27ClN4O/c1-16-9-8-14-28-20(15-25-17(2)18-10-4-5-11-19(18)24)21(26-22(16)28)23(29)27-12-6-3-7-13-27/h4-5,8-11,14,17,25H,3,6-7,12-13,15H2,1-2H3/t17-/m1/s1. The molecule has 1 atom stereocenters. The number of pyridine rings is 1. The number of piperidine rings is 1. The number of carbonyl (C=O) groups is 1. The molecule has 1 saturated heterocycles. The summed E-state index contributed by atoms with van der Waals surface area (Å²) in [4.78, 5) is 20.0. The van der Waals surface area contributed by atoms with Gasteiger partial charge in [-0.15, -0.1) is 0 Å². The van der Waals surface area contributed by atoms with Crippen molar-refractivity contribution in [1.29, 1.82) is 0 Å². The zero-order valence-corrected chi connectivity index (χ0v) is 17.7. The maximum absolute atomic E-state index is 13.3. The Labute approximate surface area is 176 Å². The number of nitrogens with one attached hydrogen (secondary N) is 1. The number of carbonyl (C=O) groups excluding carboxylic acids is 1. The van der Waals surface area contributed by atoms with Crippen molar-refractivity contribution in [3.8, 4) is 0 Å². The molecule has 3 aromatic rings. The number of likely N-dealkylation sites (tertiary alicyclic amines) is 1. The fourth-order valence-electron chi connectivity index (χ4n) is 4.03. The van der Waals surface area contributed by atoms with Gasteiger partial charge in [0.2, 0.25) is 0 Å². The first-order chi connectivity index (χ1) is 14.1. The fourth-order valence-corrected chi connectivity index (χ4v) is 4.33. The average Bonchev–Trinajstić information content (AvgIpc) is 3.12. The molecule has 0 saturated carbocycles. The van der Waals surface area contributed by atoms with Gasteiger partial charge in [-0.2, -0.15) is 0 Å². The minimum absolute atomic E-state index is 0.0370. The second-order valence-electron chi connectivity index (χ2n) is 7.77. The summed E-state index contributed by atoms with van der Waals surface area (Å²) in [5, 5.41) is 4.28. The smallest absolute Gasteiger partial charge is 0.274 e. The number of amides is 1. The Balaban J connectivity index is 1.65. The van der Waals surface area contributed by atoms with E-state index >= 15 is 0 Å². The lowest BCUT2D eigenvalue weighted by Gasteiger charge is -2.26. The van der Waals surface area contributed by atoms with E-state index in [4.69, 9.17) is 16.6 Å². The number of benzene rings is 1. The maximum atomic E-state index is 13.3. The van der Waals surface area contributed by atoms with Gasteiger partial charge in [-0.05, 0) is 56.4 Å². The van der Waals surface area contributed by atoms with Gasteiger partial charge in [-0.1, -0.05) is 35.9 Å². The molecule has 0 aliphatic carbocycles. The molecule has 0 radical (unpaired) electrons. The SMILES string of the molecule is Cc1cccn2c(CN[C@H](C)c3ccccc3Cl)c(C(=O)N3CCCCC3)nc12. The molecular weight excluding hydrogens is 384 g/mol. The predicted octanol–water partition coefficient (Wildman–Crippen LogP) is 4.77. The monoisotopic (exact) mass is 410 g/mol. The molecule has 0 bridgehead atoms. The van der Waals surface area contributed by atoms with Crippen LogP contribution in [0.5, 0.6) is 0 Å². The zero-order chi connectivity index (χ0) is 20.4. The van der Waals surface area contributed by atoms with Gasteiger partial charge in [0.1, 0.15) is 5.65 Å². The van der Waals surface area contributed by atoms with Crippen molar-refractivity contribution in [2.24, 2.45) is 0 Å². The molecule has 2 aromatic heterocycles. The predicted molar refractivity (Wildman–Crippen MR) is 116 cm³/mol. The number of halogens is 1. The molecule has 1 aromatic carbocycles. The Kier molecular flexibility index (Phi) is 5.88. The van der Waals surface area contributed by atoms with Crippen molar-refractivity contribution in [3.63, 3.8) is 0 Å². The summed E-state index contributed by atoms with van der Waals surface area (Å²) in [5.74, 6) is 0.0370. The molecule has 29 heavy (non-hydrogen) atoms. The second kappa shape index (κ2) is 8.56. The van der Waals surface area contributed by atoms with Crippen LogP contribution < -0.4 is 5.32 Å². The van der Waals surface area contributed by atoms with E-state index < -0.39 is 0 Å². The van der Waals surface area contributed by atoms with Crippen molar-refractivity contribution in [3.05, 3.63) is 70.1 Å². The molecule has 1 aliphatic heterocycles. The van der Waals surface area contributed by atoms with Crippen molar-refractivity contribution in [1.82, 2.24) is 19.6 Å². The van der Waals surface area contributed by atoms with E-state index in [9.17, 15) is 4.79 Å². The third kappa shape index (κ3) is 4.02. The Morgan fingerprint density at radius 2 is 1.93 bits per heavy atom. The van der Waals surface area contributed by atoms with E-state index in [0.717, 1.165) is 53.4 Å². The third-order valence-electron chi connectivity index (χ3n) is 5.74. The summed E-state index contributed by atoms with van der Waals surface area (Å²) in [7, 11) is 0. The minimum atomic E-state index is 0.0370. The van der Waals surface area contributed by atoms with E-state index in [1.54, 1.807) is 0 Å². The van der Waals surface area contributed by atoms with E-state index in [1.807, 2.05) is 58.8 Å². The molecule has 1 fully saturated rings. The number of aryl methyl sites for hydroxylation is 1. The van der Waals surface area contributed by atoms with Crippen LogP contribution in [0.3, 0.4) is 0 Å². The molecule has 4 rings (SSSR count). The molecule has 152 valence electrons. The van der Waals surface area contributed by atoms with Gasteiger partial charge in [-0.25, -0.2) is 4.98 Å². The summed E-state index contributed by atoms with van der Waals surface area (Å²) in [6.45, 7) is 6.28. The van der Waals surface area contributed by atoms with Crippen LogP contribution >= 0.6 is 11.6 Å². The summed E-state index contributed by atoms with van der Waals surface area (Å²) in [6, 6.07) is 11.9. The van der Waals surface area contributed by atoms with Crippen LogP contribution in [0.1, 0.15) is 59.5 Å². The zero-order valence-electron chi connectivity index (χ0n) is 17.0. The van der Waals surface area contributed by atoms with E-state index in [1.165, 1.54) is 6.42 Å². The number of hydrogen-bond donors (Lipinski definition) is 1. The van der Waals surface area contributed by atoms with E-state index in [-0.39, 0.29) is 11.9 Å². The van der Waals surface area contributed by atoms with Crippen molar-refractivity contribution >= 4 is 23.2 Å². The quantitative estimate of drug-likeness (QED) is 0.658. The van der Waals surface area contributed by atoms with E-state index in [2.05, 4.69) is 12.2 Å². The Morgan fingerprint density at radius 3 is 2.69 bits per heavy atom. The Bertz CT molecular complexity index is 1020. The third-order valence-corrected chi connectivity index (χ3v) is 6.08. The topological polar surface area (TPSA) is 49.6 Å². The number of imidazole rings is 1. The van der Waals surface area contributed by atoms with Crippen LogP contribution in [0.25, 0.3) is 5.65 Å². The fraction of sp³-hybridized carbons (Fsp3) is 0.391. The van der Waals surface area contributed by atoms with Gasteiger partial charge in [0.05, 0.1) is 5.69 Å². The molecule has 5 nitrogen and oxygen atoms in total. The highest BCUT2D eigenvalue weighted by atomic mass is 35.5. The molecule has 1 N–H and O–H groups in total. The van der Waals surface area contributed by atoms with Crippen LogP contribution in [0.4, 0.5) is 0 Å². The first-order valence-corrected chi connectivity index (χ1v) is 10.7. The first-order valence-electron chi connectivity index (χ1n) is 10.3. The first kappa shape index (κ1) is 19.9.